The quantitative estimate of drug-likeness (QED) is 0.883. The van der Waals surface area contributed by atoms with Crippen LogP contribution in [0.5, 0.6) is 0 Å². The van der Waals surface area contributed by atoms with Crippen molar-refractivity contribution in [3.63, 3.8) is 0 Å². The highest BCUT2D eigenvalue weighted by Gasteiger charge is 2.20. The summed E-state index contributed by atoms with van der Waals surface area (Å²) < 4.78 is 26.2. The lowest BCUT2D eigenvalue weighted by Gasteiger charge is -2.08. The van der Waals surface area contributed by atoms with Crippen molar-refractivity contribution in [1.82, 2.24) is 4.98 Å². The molecule has 2 heterocycles. The summed E-state index contributed by atoms with van der Waals surface area (Å²) in [6, 6.07) is 5.68. The zero-order valence-electron chi connectivity index (χ0n) is 9.77. The van der Waals surface area contributed by atoms with Gasteiger partial charge >= 0.3 is 5.97 Å². The Bertz CT molecular complexity index is 805. The lowest BCUT2D eigenvalue weighted by molar-refractivity contribution is 0.0698. The van der Waals surface area contributed by atoms with E-state index in [9.17, 15) is 13.2 Å². The molecule has 0 saturated carbocycles. The summed E-state index contributed by atoms with van der Waals surface area (Å²) in [6.45, 7) is 0. The molecule has 0 radical (unpaired) electrons. The Morgan fingerprint density at radius 3 is 2.75 bits per heavy atom. The smallest absolute Gasteiger partial charge is 0.337 e. The molecule has 102 valence electrons. The topological polar surface area (TPSA) is 120 Å². The molecule has 20 heavy (non-hydrogen) atoms. The fourth-order valence-electron chi connectivity index (χ4n) is 1.38. The van der Waals surface area contributed by atoms with Gasteiger partial charge in [0.15, 0.2) is 0 Å². The number of nitriles is 1. The number of carboxylic acid groups (broad SMARTS) is 1. The molecule has 0 aromatic carbocycles. The minimum atomic E-state index is -3.94. The van der Waals surface area contributed by atoms with E-state index in [1.165, 1.54) is 24.4 Å². The van der Waals surface area contributed by atoms with Gasteiger partial charge in [0.05, 0.1) is 17.4 Å². The highest BCUT2D eigenvalue weighted by Crippen LogP contribution is 2.24. The Labute approximate surface area is 118 Å². The maximum atomic E-state index is 12.1. The Balaban J connectivity index is 2.39. The van der Waals surface area contributed by atoms with Crippen molar-refractivity contribution in [3.8, 4) is 6.07 Å². The van der Waals surface area contributed by atoms with Crippen LogP contribution in [-0.2, 0) is 10.0 Å². The van der Waals surface area contributed by atoms with Gasteiger partial charge in [0.1, 0.15) is 15.2 Å². The summed E-state index contributed by atoms with van der Waals surface area (Å²) in [4.78, 5) is 14.9. The van der Waals surface area contributed by atoms with Gasteiger partial charge in [-0.3, -0.25) is 9.71 Å². The Hall–Kier alpha value is -2.44. The number of nitrogens with one attached hydrogen (secondary N) is 1. The Kier molecular flexibility index (Phi) is 3.69. The summed E-state index contributed by atoms with van der Waals surface area (Å²) in [5.41, 5.74) is -0.340. The fraction of sp³-hybridized carbons (Fsp3) is 0. The van der Waals surface area contributed by atoms with Crippen LogP contribution in [0.25, 0.3) is 0 Å². The van der Waals surface area contributed by atoms with Crippen LogP contribution in [-0.4, -0.2) is 24.5 Å². The second-order valence-corrected chi connectivity index (χ2v) is 6.56. The van der Waals surface area contributed by atoms with E-state index in [-0.39, 0.29) is 20.3 Å². The first-order valence-corrected chi connectivity index (χ1v) is 7.44. The molecule has 2 rings (SSSR count). The highest BCUT2D eigenvalue weighted by molar-refractivity contribution is 7.94. The predicted molar refractivity (Wildman–Crippen MR) is 71.0 cm³/mol. The Morgan fingerprint density at radius 2 is 2.15 bits per heavy atom. The third-order valence-corrected chi connectivity index (χ3v) is 5.10. The number of carboxylic acids is 1. The molecule has 0 saturated heterocycles. The summed E-state index contributed by atoms with van der Waals surface area (Å²) in [7, 11) is -3.94. The molecule has 2 N–H and O–H groups in total. The van der Waals surface area contributed by atoms with Gasteiger partial charge in [-0.25, -0.2) is 13.2 Å². The van der Waals surface area contributed by atoms with Crippen molar-refractivity contribution >= 4 is 33.0 Å². The van der Waals surface area contributed by atoms with Gasteiger partial charge in [0, 0.05) is 6.20 Å². The summed E-state index contributed by atoms with van der Waals surface area (Å²) >= 11 is 0.794. The number of sulfonamides is 1. The highest BCUT2D eigenvalue weighted by atomic mass is 32.2. The molecular formula is C11H7N3O4S2. The van der Waals surface area contributed by atoms with Crippen molar-refractivity contribution in [3.05, 3.63) is 41.0 Å². The van der Waals surface area contributed by atoms with Gasteiger partial charge in [0.2, 0.25) is 0 Å². The maximum Gasteiger partial charge on any atom is 0.337 e. The molecule has 0 atom stereocenters. The number of hydrogen-bond acceptors (Lipinski definition) is 6. The normalized spacial score (nSPS) is 10.8. The minimum absolute atomic E-state index is 0.0748. The summed E-state index contributed by atoms with van der Waals surface area (Å²) in [5.74, 6) is -1.27. The number of carbonyl (C=O) groups is 1. The molecule has 2 aromatic heterocycles. The van der Waals surface area contributed by atoms with Gasteiger partial charge in [-0.05, 0) is 18.2 Å². The Morgan fingerprint density at radius 1 is 1.40 bits per heavy atom. The van der Waals surface area contributed by atoms with Gasteiger partial charge in [-0.15, -0.1) is 11.3 Å². The van der Waals surface area contributed by atoms with Gasteiger partial charge in [-0.1, -0.05) is 0 Å². The largest absolute Gasteiger partial charge is 0.478 e. The second-order valence-electron chi connectivity index (χ2n) is 3.56. The van der Waals surface area contributed by atoms with E-state index < -0.39 is 16.0 Å². The van der Waals surface area contributed by atoms with E-state index in [1.54, 1.807) is 0 Å². The average molecular weight is 309 g/mol. The van der Waals surface area contributed by atoms with Crippen molar-refractivity contribution < 1.29 is 18.3 Å². The first kappa shape index (κ1) is 14.0. The molecule has 7 nitrogen and oxygen atoms in total. The number of thiophene rings is 1. The molecule has 0 amide bonds. The number of aromatic carboxylic acids is 1. The van der Waals surface area contributed by atoms with E-state index >= 15 is 0 Å². The molecule has 0 unspecified atom stereocenters. The maximum absolute atomic E-state index is 12.1. The van der Waals surface area contributed by atoms with Crippen LogP contribution in [0.4, 0.5) is 5.69 Å². The zero-order chi connectivity index (χ0) is 14.8. The molecule has 9 heteroatoms. The van der Waals surface area contributed by atoms with Crippen molar-refractivity contribution in [2.45, 2.75) is 4.21 Å². The molecule has 0 bridgehead atoms. The zero-order valence-corrected chi connectivity index (χ0v) is 11.4. The lowest BCUT2D eigenvalue weighted by atomic mass is 10.2. The predicted octanol–water partition coefficient (Wildman–Crippen LogP) is 1.51. The number of rotatable bonds is 4. The number of pyridine rings is 1. The standard InChI is InChI=1S/C11H7N3O4S2/c12-5-7-1-2-10(19-7)20(17,18)14-9-6-13-4-3-8(9)11(15)16/h1-4,6,14H,(H,15,16). The molecule has 0 aliphatic carbocycles. The van der Waals surface area contributed by atoms with Crippen LogP contribution in [0.15, 0.2) is 34.8 Å². The van der Waals surface area contributed by atoms with Gasteiger partial charge < -0.3 is 5.11 Å². The van der Waals surface area contributed by atoms with E-state index in [1.807, 2.05) is 6.07 Å². The van der Waals surface area contributed by atoms with E-state index in [2.05, 4.69) is 9.71 Å². The van der Waals surface area contributed by atoms with Crippen LogP contribution < -0.4 is 4.72 Å². The van der Waals surface area contributed by atoms with Crippen molar-refractivity contribution in [1.29, 1.82) is 5.26 Å². The van der Waals surface area contributed by atoms with Crippen LogP contribution in [0.1, 0.15) is 15.2 Å². The molecule has 0 aliphatic rings. The molecule has 0 spiro atoms. The summed E-state index contributed by atoms with van der Waals surface area (Å²) in [5, 5.41) is 17.7. The first-order valence-electron chi connectivity index (χ1n) is 5.14. The van der Waals surface area contributed by atoms with Crippen molar-refractivity contribution in [2.75, 3.05) is 4.72 Å². The fourth-order valence-corrected chi connectivity index (χ4v) is 3.55. The third-order valence-electron chi connectivity index (χ3n) is 2.25. The lowest BCUT2D eigenvalue weighted by Crippen LogP contribution is -2.14. The minimum Gasteiger partial charge on any atom is -0.478 e. The SMILES string of the molecule is N#Cc1ccc(S(=O)(=O)Nc2cnccc2C(=O)O)s1. The van der Waals surface area contributed by atoms with Crippen LogP contribution in [0, 0.1) is 11.3 Å². The molecule has 0 fully saturated rings. The summed E-state index contributed by atoms with van der Waals surface area (Å²) in [6.07, 6.45) is 2.36. The van der Waals surface area contributed by atoms with E-state index in [0.717, 1.165) is 17.5 Å². The molecular weight excluding hydrogens is 302 g/mol. The van der Waals surface area contributed by atoms with Crippen LogP contribution >= 0.6 is 11.3 Å². The van der Waals surface area contributed by atoms with Crippen LogP contribution in [0.2, 0.25) is 0 Å². The van der Waals surface area contributed by atoms with Gasteiger partial charge in [-0.2, -0.15) is 5.26 Å². The number of aromatic nitrogens is 1. The number of nitrogens with zero attached hydrogens (tertiary/aromatic N) is 2. The molecule has 0 aliphatic heterocycles. The second kappa shape index (κ2) is 5.28. The van der Waals surface area contributed by atoms with Crippen LogP contribution in [0.3, 0.4) is 0 Å². The average Bonchev–Trinajstić information content (AvgIpc) is 2.88. The molecule has 2 aromatic rings. The number of anilines is 1. The van der Waals surface area contributed by atoms with E-state index in [4.69, 9.17) is 10.4 Å². The monoisotopic (exact) mass is 309 g/mol. The first-order chi connectivity index (χ1) is 9.44. The van der Waals surface area contributed by atoms with Gasteiger partial charge in [0.25, 0.3) is 10.0 Å². The third kappa shape index (κ3) is 2.76. The van der Waals surface area contributed by atoms with Crippen molar-refractivity contribution in [2.24, 2.45) is 0 Å². The number of hydrogen-bond donors (Lipinski definition) is 2. The van der Waals surface area contributed by atoms with E-state index in [0.29, 0.717) is 0 Å².